The lowest BCUT2D eigenvalue weighted by molar-refractivity contribution is -0.226. The first-order valence-corrected chi connectivity index (χ1v) is 13.0. The molecular formula is C27H32ClFO8. The van der Waals surface area contributed by atoms with E-state index in [1.54, 1.807) is 13.8 Å². The summed E-state index contributed by atoms with van der Waals surface area (Å²) in [5.41, 5.74) is -6.84. The van der Waals surface area contributed by atoms with Gasteiger partial charge in [0, 0.05) is 29.2 Å². The number of carbonyl (C=O) groups excluding carboxylic acids is 5. The molecule has 4 aliphatic rings. The molecule has 8 atom stereocenters. The molecule has 1 N–H and O–H groups in total. The summed E-state index contributed by atoms with van der Waals surface area (Å²) < 4.78 is 27.8. The van der Waals surface area contributed by atoms with Crippen LogP contribution in [0.5, 0.6) is 0 Å². The van der Waals surface area contributed by atoms with E-state index in [1.807, 2.05) is 0 Å². The van der Waals surface area contributed by atoms with Crippen LogP contribution in [0, 0.1) is 28.6 Å². The number of hydrogen-bond acceptors (Lipinski definition) is 8. The molecule has 0 aliphatic heterocycles. The third kappa shape index (κ3) is 3.60. The van der Waals surface area contributed by atoms with Gasteiger partial charge in [-0.2, -0.15) is 0 Å². The molecule has 3 fully saturated rings. The van der Waals surface area contributed by atoms with Gasteiger partial charge in [0.1, 0.15) is 0 Å². The molecule has 0 saturated heterocycles. The average Bonchev–Trinajstić information content (AvgIpc) is 3.07. The third-order valence-electron chi connectivity index (χ3n) is 9.60. The number of alkyl halides is 2. The zero-order chi connectivity index (χ0) is 27.6. The zero-order valence-corrected chi connectivity index (χ0v) is 22.1. The van der Waals surface area contributed by atoms with Gasteiger partial charge in [0.15, 0.2) is 28.6 Å². The van der Waals surface area contributed by atoms with Crippen molar-refractivity contribution in [3.05, 3.63) is 23.8 Å². The molecule has 0 aromatic carbocycles. The molecule has 0 radical (unpaired) electrons. The quantitative estimate of drug-likeness (QED) is 0.404. The fraction of sp³-hybridized carbons (Fsp3) is 0.667. The molecule has 0 heterocycles. The van der Waals surface area contributed by atoms with Crippen LogP contribution >= 0.6 is 11.6 Å². The molecular weight excluding hydrogens is 507 g/mol. The topological polar surface area (TPSA) is 124 Å². The zero-order valence-electron chi connectivity index (χ0n) is 21.3. The van der Waals surface area contributed by atoms with E-state index in [1.165, 1.54) is 26.2 Å². The van der Waals surface area contributed by atoms with Crippen molar-refractivity contribution in [2.45, 2.75) is 70.2 Å². The van der Waals surface area contributed by atoms with Crippen molar-refractivity contribution >= 4 is 40.9 Å². The van der Waals surface area contributed by atoms with Gasteiger partial charge < -0.3 is 14.6 Å². The number of ketones is 3. The van der Waals surface area contributed by atoms with Gasteiger partial charge >= 0.3 is 11.9 Å². The number of halogens is 2. The van der Waals surface area contributed by atoms with Crippen molar-refractivity contribution in [3.8, 4) is 0 Å². The van der Waals surface area contributed by atoms with Crippen molar-refractivity contribution in [3.63, 3.8) is 0 Å². The Balaban J connectivity index is 1.79. The van der Waals surface area contributed by atoms with Gasteiger partial charge in [0.2, 0.25) is 0 Å². The number of carbonyl (C=O) groups is 5. The molecule has 0 aromatic rings. The van der Waals surface area contributed by atoms with Gasteiger partial charge in [0.25, 0.3) is 0 Å². The molecule has 8 nitrogen and oxygen atoms in total. The number of aliphatic hydroxyl groups is 1. The van der Waals surface area contributed by atoms with Crippen LogP contribution in [0.25, 0.3) is 0 Å². The van der Waals surface area contributed by atoms with Crippen LogP contribution in [-0.2, 0) is 33.4 Å². The second-order valence-electron chi connectivity index (χ2n) is 11.2. The van der Waals surface area contributed by atoms with E-state index in [-0.39, 0.29) is 43.5 Å². The fourth-order valence-corrected chi connectivity index (χ4v) is 8.06. The van der Waals surface area contributed by atoms with Crippen LogP contribution < -0.4 is 0 Å². The molecule has 0 amide bonds. The predicted octanol–water partition coefficient (Wildman–Crippen LogP) is 2.83. The summed E-state index contributed by atoms with van der Waals surface area (Å²) in [6.07, 6.45) is 1.25. The highest BCUT2D eigenvalue weighted by Crippen LogP contribution is 2.71. The SMILES string of the molecule is COC(=O)CCC(=O)O[C@]1(C(=O)CCl)[C@H](C)C[C@H]2[C@@H]3CC(=O)C4=CC(=O)C=C[C@]4(C)[C@@]3(F)[C@@H](O)C[C@@]21C. The van der Waals surface area contributed by atoms with Crippen LogP contribution in [0.2, 0.25) is 0 Å². The van der Waals surface area contributed by atoms with Crippen LogP contribution in [0.4, 0.5) is 4.39 Å². The van der Waals surface area contributed by atoms with Crippen molar-refractivity contribution in [2.24, 2.45) is 28.6 Å². The number of methoxy groups -OCH3 is 1. The van der Waals surface area contributed by atoms with E-state index in [0.717, 1.165) is 6.08 Å². The van der Waals surface area contributed by atoms with Crippen molar-refractivity contribution in [1.29, 1.82) is 0 Å². The Kier molecular flexibility index (Phi) is 6.81. The Hall–Kier alpha value is -2.39. The van der Waals surface area contributed by atoms with E-state index >= 15 is 4.39 Å². The Labute approximate surface area is 219 Å². The first-order chi connectivity index (χ1) is 17.2. The van der Waals surface area contributed by atoms with Crippen molar-refractivity contribution < 1.29 is 42.9 Å². The van der Waals surface area contributed by atoms with Gasteiger partial charge in [0.05, 0.1) is 37.4 Å². The van der Waals surface area contributed by atoms with Crippen LogP contribution in [-0.4, -0.2) is 64.8 Å². The Morgan fingerprint density at radius 3 is 2.43 bits per heavy atom. The maximum Gasteiger partial charge on any atom is 0.307 e. The largest absolute Gasteiger partial charge is 0.469 e. The number of allylic oxidation sites excluding steroid dienone is 4. The maximum atomic E-state index is 17.3. The number of esters is 2. The minimum atomic E-state index is -2.30. The molecule has 37 heavy (non-hydrogen) atoms. The maximum absolute atomic E-state index is 17.3. The predicted molar refractivity (Wildman–Crippen MR) is 129 cm³/mol. The first-order valence-electron chi connectivity index (χ1n) is 12.5. The van der Waals surface area contributed by atoms with E-state index in [4.69, 9.17) is 16.3 Å². The number of rotatable bonds is 6. The fourth-order valence-electron chi connectivity index (χ4n) is 7.86. The van der Waals surface area contributed by atoms with E-state index in [0.29, 0.717) is 0 Å². The minimum absolute atomic E-state index is 0.0322. The summed E-state index contributed by atoms with van der Waals surface area (Å²) in [5.74, 6) is -5.52. The molecule has 0 bridgehead atoms. The standard InChI is InChI=1S/C27H32ClFO8/c1-14-9-16-17-11-19(31)18-10-15(30)7-8-24(18,2)26(17,29)20(32)12-25(16,3)27(14,21(33)13-28)37-23(35)6-5-22(34)36-4/h7-8,10,14,16-17,20,32H,5-6,9,11-13H2,1-4H3/t14-,16+,17+,20+,24+,25+,26+,27+/m1/s1. The van der Waals surface area contributed by atoms with E-state index in [9.17, 15) is 29.1 Å². The molecule has 202 valence electrons. The highest BCUT2D eigenvalue weighted by atomic mass is 35.5. The Morgan fingerprint density at radius 1 is 1.16 bits per heavy atom. The first kappa shape index (κ1) is 27.6. The van der Waals surface area contributed by atoms with Crippen LogP contribution in [0.3, 0.4) is 0 Å². The van der Waals surface area contributed by atoms with Gasteiger partial charge in [-0.15, -0.1) is 11.6 Å². The average molecular weight is 539 g/mol. The summed E-state index contributed by atoms with van der Waals surface area (Å²) in [5, 5.41) is 11.5. The lowest BCUT2D eigenvalue weighted by atomic mass is 9.44. The number of ether oxygens (including phenoxy) is 2. The number of aliphatic hydroxyl groups excluding tert-OH is 1. The van der Waals surface area contributed by atoms with Gasteiger partial charge in [-0.25, -0.2) is 4.39 Å². The van der Waals surface area contributed by atoms with Gasteiger partial charge in [-0.05, 0) is 37.8 Å². The number of hydrogen-bond donors (Lipinski definition) is 1. The van der Waals surface area contributed by atoms with Crippen molar-refractivity contribution in [1.82, 2.24) is 0 Å². The van der Waals surface area contributed by atoms with Gasteiger partial charge in [-0.3, -0.25) is 24.0 Å². The number of Topliss-reactive ketones (excluding diaryl/α,β-unsaturated/α-hetero) is 2. The summed E-state index contributed by atoms with van der Waals surface area (Å²) in [4.78, 5) is 63.2. The molecule has 3 saturated carbocycles. The molecule has 4 aliphatic carbocycles. The second-order valence-corrected chi connectivity index (χ2v) is 11.5. The lowest BCUT2D eigenvalue weighted by Crippen LogP contribution is -2.71. The summed E-state index contributed by atoms with van der Waals surface area (Å²) in [6, 6.07) is 0. The Morgan fingerprint density at radius 2 is 1.81 bits per heavy atom. The Bertz CT molecular complexity index is 1130. The smallest absolute Gasteiger partial charge is 0.307 e. The molecule has 10 heteroatoms. The third-order valence-corrected chi connectivity index (χ3v) is 9.84. The van der Waals surface area contributed by atoms with Crippen LogP contribution in [0.1, 0.15) is 52.9 Å². The lowest BCUT2D eigenvalue weighted by Gasteiger charge is -2.62. The molecule has 0 unspecified atom stereocenters. The molecule has 0 aromatic heterocycles. The molecule has 4 rings (SSSR count). The second kappa shape index (κ2) is 9.12. The monoisotopic (exact) mass is 538 g/mol. The normalized spacial score (nSPS) is 42.3. The summed E-state index contributed by atoms with van der Waals surface area (Å²) in [7, 11) is 1.19. The van der Waals surface area contributed by atoms with Crippen molar-refractivity contribution in [2.75, 3.05) is 13.0 Å². The highest BCUT2D eigenvalue weighted by Gasteiger charge is 2.77. The highest BCUT2D eigenvalue weighted by molar-refractivity contribution is 6.29. The molecule has 0 spiro atoms. The van der Waals surface area contributed by atoms with Crippen LogP contribution in [0.15, 0.2) is 23.8 Å². The number of fused-ring (bicyclic) bond motifs is 5. The van der Waals surface area contributed by atoms with Gasteiger partial charge in [-0.1, -0.05) is 19.9 Å². The van der Waals surface area contributed by atoms with E-state index in [2.05, 4.69) is 4.74 Å². The summed E-state index contributed by atoms with van der Waals surface area (Å²) in [6.45, 7) is 4.91. The van der Waals surface area contributed by atoms with E-state index < -0.39 is 75.3 Å². The minimum Gasteiger partial charge on any atom is -0.469 e. The summed E-state index contributed by atoms with van der Waals surface area (Å²) >= 11 is 6.01.